The lowest BCUT2D eigenvalue weighted by molar-refractivity contribution is 0.174. The maximum Gasteiger partial charge on any atom is 0.231 e. The third-order valence-electron chi connectivity index (χ3n) is 3.85. The van der Waals surface area contributed by atoms with E-state index in [2.05, 4.69) is 34.5 Å². The second-order valence-electron chi connectivity index (χ2n) is 5.31. The highest BCUT2D eigenvalue weighted by Gasteiger charge is 2.20. The van der Waals surface area contributed by atoms with Crippen molar-refractivity contribution in [2.45, 2.75) is 11.4 Å². The lowest BCUT2D eigenvalue weighted by Gasteiger charge is -2.31. The van der Waals surface area contributed by atoms with E-state index in [0.717, 1.165) is 34.5 Å². The van der Waals surface area contributed by atoms with Gasteiger partial charge in [-0.05, 0) is 42.0 Å². The van der Waals surface area contributed by atoms with Gasteiger partial charge >= 0.3 is 0 Å². The van der Waals surface area contributed by atoms with E-state index in [0.29, 0.717) is 13.3 Å². The maximum absolute atomic E-state index is 5.60. The minimum absolute atomic E-state index is 0.298. The lowest BCUT2D eigenvalue weighted by Crippen LogP contribution is -2.42. The Morgan fingerprint density at radius 2 is 2.04 bits per heavy atom. The Balaban J connectivity index is 1.45. The van der Waals surface area contributed by atoms with Gasteiger partial charge in [-0.2, -0.15) is 0 Å². The number of hydrogen-bond donors (Lipinski definition) is 1. The number of para-hydroxylation sites is 1. The van der Waals surface area contributed by atoms with Crippen molar-refractivity contribution in [2.24, 2.45) is 0 Å². The second-order valence-corrected chi connectivity index (χ2v) is 6.84. The third-order valence-corrected chi connectivity index (χ3v) is 5.26. The smallest absolute Gasteiger partial charge is 0.231 e. The summed E-state index contributed by atoms with van der Waals surface area (Å²) in [5.41, 5.74) is 2.31. The summed E-state index contributed by atoms with van der Waals surface area (Å²) in [4.78, 5) is 3.46. The molecule has 6 heteroatoms. The first-order chi connectivity index (χ1) is 11.3. The molecule has 0 atom stereocenters. The summed E-state index contributed by atoms with van der Waals surface area (Å²) in [5, 5.41) is 4.11. The van der Waals surface area contributed by atoms with Gasteiger partial charge in [-0.15, -0.1) is 11.8 Å². The third kappa shape index (κ3) is 2.96. The van der Waals surface area contributed by atoms with Gasteiger partial charge in [-0.25, -0.2) is 0 Å². The molecular weight excluding hydrogens is 328 g/mol. The maximum atomic E-state index is 5.60. The summed E-state index contributed by atoms with van der Waals surface area (Å²) >= 11 is 7.48. The fraction of sp³-hybridized carbons (Fsp3) is 0.235. The molecule has 2 aromatic rings. The predicted octanol–water partition coefficient (Wildman–Crippen LogP) is 3.40. The Bertz CT molecular complexity index is 751. The number of benzene rings is 2. The highest BCUT2D eigenvalue weighted by molar-refractivity contribution is 7.99. The fourth-order valence-corrected chi connectivity index (χ4v) is 3.96. The molecule has 0 amide bonds. The van der Waals surface area contributed by atoms with Crippen molar-refractivity contribution in [1.29, 1.82) is 0 Å². The van der Waals surface area contributed by atoms with Crippen LogP contribution in [0.2, 0.25) is 0 Å². The van der Waals surface area contributed by atoms with Crippen LogP contribution in [0.25, 0.3) is 0 Å². The average Bonchev–Trinajstić information content (AvgIpc) is 3.07. The molecule has 0 fully saturated rings. The molecule has 0 bridgehead atoms. The quantitative estimate of drug-likeness (QED) is 0.841. The van der Waals surface area contributed by atoms with Crippen LogP contribution in [-0.4, -0.2) is 24.2 Å². The summed E-state index contributed by atoms with van der Waals surface area (Å²) in [6.45, 7) is 1.89. The molecule has 0 saturated heterocycles. The molecule has 23 heavy (non-hydrogen) atoms. The Morgan fingerprint density at radius 1 is 1.17 bits per heavy atom. The molecule has 2 aromatic carbocycles. The standard InChI is InChI=1S/C17H16N2O2S2/c22-17(19-7-8-23-16-4-2-1-3-13(16)19)18-10-12-5-6-14-15(9-12)21-11-20-14/h1-6,9H,7-8,10-11H2,(H,18,22). The first kappa shape index (κ1) is 14.7. The van der Waals surface area contributed by atoms with E-state index in [1.807, 2.05) is 30.0 Å². The zero-order valence-electron chi connectivity index (χ0n) is 12.5. The highest BCUT2D eigenvalue weighted by atomic mass is 32.2. The molecule has 2 aliphatic heterocycles. The van der Waals surface area contributed by atoms with Crippen molar-refractivity contribution in [1.82, 2.24) is 5.32 Å². The van der Waals surface area contributed by atoms with Gasteiger partial charge in [0.1, 0.15) is 0 Å². The second kappa shape index (κ2) is 6.29. The number of anilines is 1. The van der Waals surface area contributed by atoms with Gasteiger partial charge in [-0.3, -0.25) is 0 Å². The minimum atomic E-state index is 0.298. The Hall–Kier alpha value is -1.92. The van der Waals surface area contributed by atoms with Gasteiger partial charge in [-0.1, -0.05) is 18.2 Å². The van der Waals surface area contributed by atoms with Crippen LogP contribution in [0.4, 0.5) is 5.69 Å². The SMILES string of the molecule is S=C(NCc1ccc2c(c1)OCO2)N1CCSc2ccccc21. The van der Waals surface area contributed by atoms with Gasteiger partial charge in [0.15, 0.2) is 16.6 Å². The van der Waals surface area contributed by atoms with Crippen molar-refractivity contribution >= 4 is 34.8 Å². The molecule has 2 heterocycles. The van der Waals surface area contributed by atoms with Crippen LogP contribution >= 0.6 is 24.0 Å². The molecule has 0 saturated carbocycles. The van der Waals surface area contributed by atoms with E-state index in [9.17, 15) is 0 Å². The summed E-state index contributed by atoms with van der Waals surface area (Å²) in [7, 11) is 0. The first-order valence-corrected chi connectivity index (χ1v) is 8.86. The molecule has 1 N–H and O–H groups in total. The number of rotatable bonds is 2. The van der Waals surface area contributed by atoms with Crippen molar-refractivity contribution in [2.75, 3.05) is 24.0 Å². The van der Waals surface area contributed by atoms with Gasteiger partial charge in [0.05, 0.1) is 5.69 Å². The number of hydrogen-bond acceptors (Lipinski definition) is 4. The lowest BCUT2D eigenvalue weighted by atomic mass is 10.2. The van der Waals surface area contributed by atoms with Gasteiger partial charge in [0.25, 0.3) is 0 Å². The zero-order valence-corrected chi connectivity index (χ0v) is 14.1. The van der Waals surface area contributed by atoms with Gasteiger partial charge < -0.3 is 19.7 Å². The Morgan fingerprint density at radius 3 is 3.00 bits per heavy atom. The average molecular weight is 344 g/mol. The van der Waals surface area contributed by atoms with Crippen molar-refractivity contribution in [3.8, 4) is 11.5 Å². The van der Waals surface area contributed by atoms with E-state index < -0.39 is 0 Å². The Labute approximate surface area is 144 Å². The topological polar surface area (TPSA) is 33.7 Å². The van der Waals surface area contributed by atoms with Crippen LogP contribution in [0.1, 0.15) is 5.56 Å². The number of ether oxygens (including phenoxy) is 2. The van der Waals surface area contributed by atoms with Gasteiger partial charge in [0.2, 0.25) is 6.79 Å². The van der Waals surface area contributed by atoms with Crippen LogP contribution in [0.15, 0.2) is 47.4 Å². The number of thioether (sulfide) groups is 1. The molecule has 0 aromatic heterocycles. The van der Waals surface area contributed by atoms with Gasteiger partial charge in [0, 0.05) is 23.7 Å². The van der Waals surface area contributed by atoms with Crippen LogP contribution in [0.3, 0.4) is 0 Å². The molecule has 118 valence electrons. The van der Waals surface area contributed by atoms with Crippen LogP contribution in [0, 0.1) is 0 Å². The molecule has 0 unspecified atom stereocenters. The molecule has 0 radical (unpaired) electrons. The number of nitrogens with one attached hydrogen (secondary N) is 1. The van der Waals surface area contributed by atoms with Crippen molar-refractivity contribution < 1.29 is 9.47 Å². The zero-order chi connectivity index (χ0) is 15.6. The molecule has 0 spiro atoms. The van der Waals surface area contributed by atoms with Crippen LogP contribution in [0.5, 0.6) is 11.5 Å². The molecule has 4 nitrogen and oxygen atoms in total. The molecule has 4 rings (SSSR count). The molecular formula is C17H16N2O2S2. The number of nitrogens with zero attached hydrogens (tertiary/aromatic N) is 1. The summed E-state index contributed by atoms with van der Waals surface area (Å²) in [5.74, 6) is 2.65. The van der Waals surface area contributed by atoms with Crippen LogP contribution < -0.4 is 19.7 Å². The summed E-state index contributed by atoms with van der Waals surface area (Å²) in [6.07, 6.45) is 0. The first-order valence-electron chi connectivity index (χ1n) is 7.47. The molecule has 0 aliphatic carbocycles. The number of thiocarbonyl (C=S) groups is 1. The van der Waals surface area contributed by atoms with E-state index in [1.165, 1.54) is 10.6 Å². The fourth-order valence-electron chi connectivity index (χ4n) is 2.70. The summed E-state index contributed by atoms with van der Waals surface area (Å²) in [6, 6.07) is 14.4. The van der Waals surface area contributed by atoms with E-state index in [1.54, 1.807) is 0 Å². The van der Waals surface area contributed by atoms with Crippen molar-refractivity contribution in [3.63, 3.8) is 0 Å². The Kier molecular flexibility index (Phi) is 4.01. The monoisotopic (exact) mass is 344 g/mol. The van der Waals surface area contributed by atoms with E-state index in [4.69, 9.17) is 21.7 Å². The predicted molar refractivity (Wildman–Crippen MR) is 96.5 cm³/mol. The summed E-state index contributed by atoms with van der Waals surface area (Å²) < 4.78 is 10.7. The van der Waals surface area contributed by atoms with Crippen molar-refractivity contribution in [3.05, 3.63) is 48.0 Å². The number of fused-ring (bicyclic) bond motifs is 2. The van der Waals surface area contributed by atoms with E-state index in [-0.39, 0.29) is 0 Å². The highest BCUT2D eigenvalue weighted by Crippen LogP contribution is 2.34. The normalized spacial score (nSPS) is 15.2. The van der Waals surface area contributed by atoms with E-state index >= 15 is 0 Å². The minimum Gasteiger partial charge on any atom is -0.454 e. The van der Waals surface area contributed by atoms with Crippen LogP contribution in [-0.2, 0) is 6.54 Å². The molecule has 2 aliphatic rings. The largest absolute Gasteiger partial charge is 0.454 e.